The molecule has 0 heterocycles. The molecule has 1 unspecified atom stereocenters. The number of amides is 1. The standard InChI is InChI=1S/C13H17Cl2NO2/c1-9-3-4-11(12(15)7-9)13(17)16-10(5-6-14)8-18-2/h3-4,7,10H,5-6,8H2,1-2H3,(H,16,17). The highest BCUT2D eigenvalue weighted by Gasteiger charge is 2.15. The smallest absolute Gasteiger partial charge is 0.253 e. The van der Waals surface area contributed by atoms with Gasteiger partial charge in [0.15, 0.2) is 0 Å². The maximum absolute atomic E-state index is 12.0. The van der Waals surface area contributed by atoms with Gasteiger partial charge in [0, 0.05) is 13.0 Å². The maximum atomic E-state index is 12.0. The molecule has 100 valence electrons. The zero-order valence-corrected chi connectivity index (χ0v) is 12.0. The van der Waals surface area contributed by atoms with E-state index in [0.29, 0.717) is 29.5 Å². The molecule has 0 aliphatic rings. The van der Waals surface area contributed by atoms with Gasteiger partial charge < -0.3 is 10.1 Å². The zero-order chi connectivity index (χ0) is 13.5. The highest BCUT2D eigenvalue weighted by Crippen LogP contribution is 2.17. The van der Waals surface area contributed by atoms with Crippen LogP contribution in [0.5, 0.6) is 0 Å². The van der Waals surface area contributed by atoms with E-state index in [1.807, 2.05) is 13.0 Å². The fourth-order valence-corrected chi connectivity index (χ4v) is 2.18. The lowest BCUT2D eigenvalue weighted by Crippen LogP contribution is -2.38. The van der Waals surface area contributed by atoms with Crippen molar-refractivity contribution in [2.75, 3.05) is 19.6 Å². The van der Waals surface area contributed by atoms with Crippen molar-refractivity contribution < 1.29 is 9.53 Å². The zero-order valence-electron chi connectivity index (χ0n) is 10.5. The first-order chi connectivity index (χ1) is 8.58. The van der Waals surface area contributed by atoms with Crippen molar-refractivity contribution in [1.82, 2.24) is 5.32 Å². The van der Waals surface area contributed by atoms with Crippen LogP contribution < -0.4 is 5.32 Å². The van der Waals surface area contributed by atoms with E-state index < -0.39 is 0 Å². The Labute approximate surface area is 117 Å². The van der Waals surface area contributed by atoms with Gasteiger partial charge in [0.1, 0.15) is 0 Å². The minimum absolute atomic E-state index is 0.0997. The van der Waals surface area contributed by atoms with Gasteiger partial charge in [0.25, 0.3) is 5.91 Å². The van der Waals surface area contributed by atoms with Crippen LogP contribution >= 0.6 is 23.2 Å². The average Bonchev–Trinajstić information content (AvgIpc) is 2.29. The first kappa shape index (κ1) is 15.3. The summed E-state index contributed by atoms with van der Waals surface area (Å²) in [6.45, 7) is 2.36. The van der Waals surface area contributed by atoms with E-state index in [9.17, 15) is 4.79 Å². The van der Waals surface area contributed by atoms with Crippen LogP contribution in [0.25, 0.3) is 0 Å². The van der Waals surface area contributed by atoms with Gasteiger partial charge in [-0.2, -0.15) is 0 Å². The molecule has 1 N–H and O–H groups in total. The second-order valence-electron chi connectivity index (χ2n) is 4.09. The number of methoxy groups -OCH3 is 1. The summed E-state index contributed by atoms with van der Waals surface area (Å²) in [5.41, 5.74) is 1.49. The predicted octanol–water partition coefficient (Wildman–Crippen LogP) is 3.02. The Morgan fingerprint density at radius 1 is 1.50 bits per heavy atom. The van der Waals surface area contributed by atoms with Crippen molar-refractivity contribution in [2.24, 2.45) is 0 Å². The molecule has 0 fully saturated rings. The number of hydrogen-bond acceptors (Lipinski definition) is 2. The van der Waals surface area contributed by atoms with Crippen LogP contribution in [0.15, 0.2) is 18.2 Å². The highest BCUT2D eigenvalue weighted by atomic mass is 35.5. The molecule has 0 saturated carbocycles. The lowest BCUT2D eigenvalue weighted by molar-refractivity contribution is 0.0895. The van der Waals surface area contributed by atoms with Crippen LogP contribution in [0.4, 0.5) is 0 Å². The van der Waals surface area contributed by atoms with E-state index in [4.69, 9.17) is 27.9 Å². The number of benzene rings is 1. The monoisotopic (exact) mass is 289 g/mol. The molecule has 5 heteroatoms. The van der Waals surface area contributed by atoms with Gasteiger partial charge in [-0.25, -0.2) is 0 Å². The molecule has 0 aliphatic heterocycles. The Balaban J connectivity index is 2.73. The minimum Gasteiger partial charge on any atom is -0.383 e. The second-order valence-corrected chi connectivity index (χ2v) is 4.87. The molecule has 0 radical (unpaired) electrons. The first-order valence-corrected chi connectivity index (χ1v) is 6.61. The second kappa shape index (κ2) is 7.62. The number of carbonyl (C=O) groups is 1. The highest BCUT2D eigenvalue weighted by molar-refractivity contribution is 6.33. The van der Waals surface area contributed by atoms with Gasteiger partial charge >= 0.3 is 0 Å². The molecule has 1 atom stereocenters. The molecule has 18 heavy (non-hydrogen) atoms. The van der Waals surface area contributed by atoms with Crippen LogP contribution in [-0.2, 0) is 4.74 Å². The first-order valence-electron chi connectivity index (χ1n) is 5.70. The number of alkyl halides is 1. The quantitative estimate of drug-likeness (QED) is 0.818. The third-order valence-electron chi connectivity index (χ3n) is 2.53. The van der Waals surface area contributed by atoms with Crippen molar-refractivity contribution >= 4 is 29.1 Å². The van der Waals surface area contributed by atoms with Crippen LogP contribution in [0.1, 0.15) is 22.3 Å². The third-order valence-corrected chi connectivity index (χ3v) is 3.06. The van der Waals surface area contributed by atoms with E-state index in [-0.39, 0.29) is 11.9 Å². The molecule has 0 aliphatic carbocycles. The van der Waals surface area contributed by atoms with Crippen molar-refractivity contribution in [2.45, 2.75) is 19.4 Å². The summed E-state index contributed by atoms with van der Waals surface area (Å²) in [5, 5.41) is 3.32. The lowest BCUT2D eigenvalue weighted by atomic mass is 10.1. The number of carbonyl (C=O) groups excluding carboxylic acids is 1. The molecular formula is C13H17Cl2NO2. The number of halogens is 2. The summed E-state index contributed by atoms with van der Waals surface area (Å²) in [5.74, 6) is 0.266. The summed E-state index contributed by atoms with van der Waals surface area (Å²) in [6.07, 6.45) is 0.657. The Morgan fingerprint density at radius 3 is 2.78 bits per heavy atom. The van der Waals surface area contributed by atoms with E-state index in [1.54, 1.807) is 19.2 Å². The Bertz CT molecular complexity index is 404. The molecule has 1 amide bonds. The van der Waals surface area contributed by atoms with Crippen LogP contribution in [0, 0.1) is 6.92 Å². The van der Waals surface area contributed by atoms with Crippen molar-refractivity contribution in [1.29, 1.82) is 0 Å². The van der Waals surface area contributed by atoms with E-state index >= 15 is 0 Å². The molecule has 1 aromatic carbocycles. The lowest BCUT2D eigenvalue weighted by Gasteiger charge is -2.17. The Morgan fingerprint density at radius 2 is 2.22 bits per heavy atom. The fraction of sp³-hybridized carbons (Fsp3) is 0.462. The van der Waals surface area contributed by atoms with Crippen molar-refractivity contribution in [3.8, 4) is 0 Å². The topological polar surface area (TPSA) is 38.3 Å². The minimum atomic E-state index is -0.202. The largest absolute Gasteiger partial charge is 0.383 e. The summed E-state index contributed by atoms with van der Waals surface area (Å²) >= 11 is 11.7. The van der Waals surface area contributed by atoms with Gasteiger partial charge in [-0.15, -0.1) is 11.6 Å². The Hall–Kier alpha value is -0.770. The van der Waals surface area contributed by atoms with Crippen LogP contribution in [-0.4, -0.2) is 31.5 Å². The van der Waals surface area contributed by atoms with Gasteiger partial charge in [0.05, 0.1) is 23.2 Å². The number of hydrogen-bond donors (Lipinski definition) is 1. The van der Waals surface area contributed by atoms with Crippen molar-refractivity contribution in [3.05, 3.63) is 34.3 Å². The van der Waals surface area contributed by atoms with Gasteiger partial charge in [0.2, 0.25) is 0 Å². The SMILES string of the molecule is COCC(CCCl)NC(=O)c1ccc(C)cc1Cl. The number of ether oxygens (including phenoxy) is 1. The fourth-order valence-electron chi connectivity index (χ4n) is 1.60. The summed E-state index contributed by atoms with van der Waals surface area (Å²) in [7, 11) is 1.59. The summed E-state index contributed by atoms with van der Waals surface area (Å²) in [4.78, 5) is 12.0. The van der Waals surface area contributed by atoms with Gasteiger partial charge in [-0.1, -0.05) is 17.7 Å². The molecule has 1 rings (SSSR count). The molecule has 0 saturated heterocycles. The van der Waals surface area contributed by atoms with E-state index in [0.717, 1.165) is 5.56 Å². The normalized spacial score (nSPS) is 12.2. The van der Waals surface area contributed by atoms with Gasteiger partial charge in [-0.05, 0) is 31.0 Å². The molecular weight excluding hydrogens is 273 g/mol. The number of nitrogens with one attached hydrogen (secondary N) is 1. The van der Waals surface area contributed by atoms with Crippen LogP contribution in [0.3, 0.4) is 0 Å². The summed E-state index contributed by atoms with van der Waals surface area (Å²) in [6, 6.07) is 5.24. The van der Waals surface area contributed by atoms with Crippen molar-refractivity contribution in [3.63, 3.8) is 0 Å². The van der Waals surface area contributed by atoms with Crippen LogP contribution in [0.2, 0.25) is 5.02 Å². The predicted molar refractivity (Wildman–Crippen MR) is 74.7 cm³/mol. The number of aryl methyl sites for hydroxylation is 1. The molecule has 3 nitrogen and oxygen atoms in total. The molecule has 0 aromatic heterocycles. The number of rotatable bonds is 6. The van der Waals surface area contributed by atoms with E-state index in [1.165, 1.54) is 0 Å². The molecule has 0 bridgehead atoms. The average molecular weight is 290 g/mol. The molecule has 1 aromatic rings. The molecule has 0 spiro atoms. The van der Waals surface area contributed by atoms with Gasteiger partial charge in [-0.3, -0.25) is 4.79 Å². The summed E-state index contributed by atoms with van der Waals surface area (Å²) < 4.78 is 5.04. The Kier molecular flexibility index (Phi) is 6.47. The van der Waals surface area contributed by atoms with E-state index in [2.05, 4.69) is 5.32 Å². The third kappa shape index (κ3) is 4.48. The maximum Gasteiger partial charge on any atom is 0.253 e.